The van der Waals surface area contributed by atoms with Gasteiger partial charge in [-0.2, -0.15) is 0 Å². The molecule has 0 aliphatic heterocycles. The van der Waals surface area contributed by atoms with Crippen LogP contribution in [0.1, 0.15) is 10.6 Å². The molecule has 0 aliphatic carbocycles. The highest BCUT2D eigenvalue weighted by Gasteiger charge is 2.06. The number of ether oxygens (including phenoxy) is 1. The largest absolute Gasteiger partial charge is 0.493 e. The molecule has 3 heteroatoms. The van der Waals surface area contributed by atoms with E-state index in [0.29, 0.717) is 23.4 Å². The molecule has 0 fully saturated rings. The molecule has 1 aromatic heterocycles. The van der Waals surface area contributed by atoms with Crippen LogP contribution < -0.4 is 4.74 Å². The predicted octanol–water partition coefficient (Wildman–Crippen LogP) is 2.25. The molecule has 0 saturated heterocycles. The third-order valence-corrected chi connectivity index (χ3v) is 1.86. The highest BCUT2D eigenvalue weighted by molar-refractivity contribution is 5.88. The molecule has 0 atom stereocenters. The first-order valence-electron chi connectivity index (χ1n) is 3.87. The zero-order chi connectivity index (χ0) is 9.26. The first-order valence-corrected chi connectivity index (χ1v) is 3.87. The van der Waals surface area contributed by atoms with E-state index < -0.39 is 0 Å². The van der Waals surface area contributed by atoms with E-state index >= 15 is 0 Å². The lowest BCUT2D eigenvalue weighted by Gasteiger charge is -1.97. The van der Waals surface area contributed by atoms with Crippen LogP contribution in [0.3, 0.4) is 0 Å². The summed E-state index contributed by atoms with van der Waals surface area (Å²) in [6.45, 7) is 0. The highest BCUT2D eigenvalue weighted by atomic mass is 16.5. The van der Waals surface area contributed by atoms with Crippen LogP contribution >= 0.6 is 0 Å². The molecular formula is C10H8O3. The van der Waals surface area contributed by atoms with E-state index in [0.717, 1.165) is 5.39 Å². The lowest BCUT2D eigenvalue weighted by Crippen LogP contribution is -1.81. The second-order valence-corrected chi connectivity index (χ2v) is 2.65. The number of carbonyl (C=O) groups is 1. The number of rotatable bonds is 2. The Balaban J connectivity index is 2.74. The molecule has 0 N–H and O–H groups in total. The molecule has 66 valence electrons. The minimum atomic E-state index is 0.319. The third-order valence-electron chi connectivity index (χ3n) is 1.86. The number of hydrogen-bond donors (Lipinski definition) is 0. The van der Waals surface area contributed by atoms with Gasteiger partial charge >= 0.3 is 0 Å². The molecule has 0 unspecified atom stereocenters. The summed E-state index contributed by atoms with van der Waals surface area (Å²) >= 11 is 0. The van der Waals surface area contributed by atoms with Crippen molar-refractivity contribution in [3.8, 4) is 5.75 Å². The van der Waals surface area contributed by atoms with Crippen molar-refractivity contribution in [1.29, 1.82) is 0 Å². The van der Waals surface area contributed by atoms with E-state index in [9.17, 15) is 4.79 Å². The Morgan fingerprint density at radius 2 is 2.31 bits per heavy atom. The Hall–Kier alpha value is -1.77. The maximum atomic E-state index is 10.4. The average Bonchev–Trinajstić information content (AvgIpc) is 2.59. The average molecular weight is 176 g/mol. The lowest BCUT2D eigenvalue weighted by molar-refractivity contribution is 0.110. The van der Waals surface area contributed by atoms with Crippen LogP contribution in [0.25, 0.3) is 11.0 Å². The highest BCUT2D eigenvalue weighted by Crippen LogP contribution is 2.27. The third kappa shape index (κ3) is 1.18. The van der Waals surface area contributed by atoms with Crippen LogP contribution in [0.15, 0.2) is 28.7 Å². The molecule has 2 rings (SSSR count). The van der Waals surface area contributed by atoms with Crippen LogP contribution in [0.2, 0.25) is 0 Å². The summed E-state index contributed by atoms with van der Waals surface area (Å²) < 4.78 is 10.3. The van der Waals surface area contributed by atoms with E-state index in [-0.39, 0.29) is 0 Å². The molecular weight excluding hydrogens is 168 g/mol. The molecule has 1 aromatic carbocycles. The quantitative estimate of drug-likeness (QED) is 0.659. The Kier molecular flexibility index (Phi) is 1.77. The van der Waals surface area contributed by atoms with Crippen molar-refractivity contribution in [3.05, 3.63) is 30.0 Å². The fraction of sp³-hybridized carbons (Fsp3) is 0.100. The standard InChI is InChI=1S/C10H8O3/c1-12-9-4-2-3-7-5-8(6-11)13-10(7)9/h2-6H,1H3. The number of carbonyl (C=O) groups excluding carboxylic acids is 1. The van der Waals surface area contributed by atoms with Gasteiger partial charge in [-0.25, -0.2) is 0 Å². The number of hydrogen-bond acceptors (Lipinski definition) is 3. The number of furan rings is 1. The van der Waals surface area contributed by atoms with Crippen molar-refractivity contribution >= 4 is 17.3 Å². The summed E-state index contributed by atoms with van der Waals surface area (Å²) in [7, 11) is 1.57. The molecule has 0 bridgehead atoms. The van der Waals surface area contributed by atoms with Crippen molar-refractivity contribution in [2.75, 3.05) is 7.11 Å². The van der Waals surface area contributed by atoms with Crippen LogP contribution in [-0.2, 0) is 0 Å². The molecule has 0 saturated carbocycles. The van der Waals surface area contributed by atoms with E-state index in [2.05, 4.69) is 0 Å². The van der Waals surface area contributed by atoms with Crippen molar-refractivity contribution < 1.29 is 13.9 Å². The van der Waals surface area contributed by atoms with E-state index in [4.69, 9.17) is 9.15 Å². The van der Waals surface area contributed by atoms with Gasteiger partial charge in [-0.1, -0.05) is 12.1 Å². The topological polar surface area (TPSA) is 39.4 Å². The van der Waals surface area contributed by atoms with Gasteiger partial charge in [0.2, 0.25) is 0 Å². The van der Waals surface area contributed by atoms with Crippen molar-refractivity contribution in [1.82, 2.24) is 0 Å². The number of methoxy groups -OCH3 is 1. The second-order valence-electron chi connectivity index (χ2n) is 2.65. The summed E-state index contributed by atoms with van der Waals surface area (Å²) in [5.74, 6) is 0.963. The molecule has 0 aliphatic rings. The van der Waals surface area contributed by atoms with Gasteiger partial charge in [0.1, 0.15) is 0 Å². The summed E-state index contributed by atoms with van der Waals surface area (Å²) in [6.07, 6.45) is 0.680. The molecule has 0 spiro atoms. The van der Waals surface area contributed by atoms with Crippen LogP contribution in [0.5, 0.6) is 5.75 Å². The van der Waals surface area contributed by atoms with Gasteiger partial charge in [-0.15, -0.1) is 0 Å². The Morgan fingerprint density at radius 1 is 1.46 bits per heavy atom. The molecule has 13 heavy (non-hydrogen) atoms. The van der Waals surface area contributed by atoms with Crippen molar-refractivity contribution in [3.63, 3.8) is 0 Å². The first-order chi connectivity index (χ1) is 6.35. The predicted molar refractivity (Wildman–Crippen MR) is 48.2 cm³/mol. The van der Waals surface area contributed by atoms with Crippen LogP contribution in [0.4, 0.5) is 0 Å². The van der Waals surface area contributed by atoms with Crippen molar-refractivity contribution in [2.24, 2.45) is 0 Å². The Labute approximate surface area is 74.9 Å². The molecule has 0 amide bonds. The number of fused-ring (bicyclic) bond motifs is 1. The van der Waals surface area contributed by atoms with Gasteiger partial charge in [0.25, 0.3) is 0 Å². The summed E-state index contributed by atoms with van der Waals surface area (Å²) in [5.41, 5.74) is 0.618. The van der Waals surface area contributed by atoms with Crippen molar-refractivity contribution in [2.45, 2.75) is 0 Å². The number of benzene rings is 1. The fourth-order valence-corrected chi connectivity index (χ4v) is 1.28. The minimum absolute atomic E-state index is 0.319. The lowest BCUT2D eigenvalue weighted by atomic mass is 10.2. The van der Waals surface area contributed by atoms with E-state index in [1.165, 1.54) is 0 Å². The number of aldehydes is 1. The summed E-state index contributed by atoms with van der Waals surface area (Å²) in [6, 6.07) is 7.20. The normalized spacial score (nSPS) is 10.2. The first kappa shape index (κ1) is 7.86. The van der Waals surface area contributed by atoms with Gasteiger partial charge in [0, 0.05) is 5.39 Å². The van der Waals surface area contributed by atoms with Gasteiger partial charge < -0.3 is 9.15 Å². The van der Waals surface area contributed by atoms with Gasteiger partial charge in [0.05, 0.1) is 7.11 Å². The second kappa shape index (κ2) is 2.94. The smallest absolute Gasteiger partial charge is 0.185 e. The summed E-state index contributed by atoms with van der Waals surface area (Å²) in [5, 5.41) is 0.876. The Bertz CT molecular complexity index is 442. The summed E-state index contributed by atoms with van der Waals surface area (Å²) in [4.78, 5) is 10.4. The van der Waals surface area contributed by atoms with E-state index in [1.54, 1.807) is 19.2 Å². The SMILES string of the molecule is COc1cccc2cc(C=O)oc12. The monoisotopic (exact) mass is 176 g/mol. The molecule has 3 nitrogen and oxygen atoms in total. The van der Waals surface area contributed by atoms with Gasteiger partial charge in [0.15, 0.2) is 23.4 Å². The maximum absolute atomic E-state index is 10.4. The Morgan fingerprint density at radius 3 is 3.00 bits per heavy atom. The minimum Gasteiger partial charge on any atom is -0.493 e. The van der Waals surface area contributed by atoms with Crippen LogP contribution in [0, 0.1) is 0 Å². The van der Waals surface area contributed by atoms with E-state index in [1.807, 2.05) is 12.1 Å². The zero-order valence-electron chi connectivity index (χ0n) is 7.11. The molecule has 0 radical (unpaired) electrons. The zero-order valence-corrected chi connectivity index (χ0v) is 7.11. The van der Waals surface area contributed by atoms with Crippen LogP contribution in [-0.4, -0.2) is 13.4 Å². The molecule has 1 heterocycles. The number of para-hydroxylation sites is 1. The maximum Gasteiger partial charge on any atom is 0.185 e. The van der Waals surface area contributed by atoms with Gasteiger partial charge in [-0.05, 0) is 12.1 Å². The fourth-order valence-electron chi connectivity index (χ4n) is 1.28. The van der Waals surface area contributed by atoms with Gasteiger partial charge in [-0.3, -0.25) is 4.79 Å². The molecule has 2 aromatic rings.